The van der Waals surface area contributed by atoms with Crippen molar-refractivity contribution in [1.29, 1.82) is 0 Å². The summed E-state index contributed by atoms with van der Waals surface area (Å²) in [6, 6.07) is 7.03. The van der Waals surface area contributed by atoms with Gasteiger partial charge in [0.15, 0.2) is 0 Å². The smallest absolute Gasteiger partial charge is 0.263 e. The largest absolute Gasteiger partial charge is 0.346 e. The number of rotatable bonds is 3. The van der Waals surface area contributed by atoms with E-state index < -0.39 is 0 Å². The minimum atomic E-state index is -0.370. The Bertz CT molecular complexity index is 862. The van der Waals surface area contributed by atoms with E-state index in [0.717, 1.165) is 25.2 Å². The zero-order valence-corrected chi connectivity index (χ0v) is 14.4. The van der Waals surface area contributed by atoms with E-state index in [1.807, 2.05) is 6.07 Å². The summed E-state index contributed by atoms with van der Waals surface area (Å²) in [7, 11) is 0. The third-order valence-corrected chi connectivity index (χ3v) is 5.20. The molecule has 2 aliphatic rings. The first kappa shape index (κ1) is 16.3. The van der Waals surface area contributed by atoms with Gasteiger partial charge in [-0.15, -0.1) is 0 Å². The van der Waals surface area contributed by atoms with E-state index in [0.29, 0.717) is 29.1 Å². The summed E-state index contributed by atoms with van der Waals surface area (Å²) < 4.78 is 1.79. The second-order valence-electron chi connectivity index (χ2n) is 6.69. The molecule has 4 heterocycles. The number of fused-ring (bicyclic) bond motifs is 4. The summed E-state index contributed by atoms with van der Waals surface area (Å²) in [6.45, 7) is 2.76. The lowest BCUT2D eigenvalue weighted by molar-refractivity contribution is 0.0947. The quantitative estimate of drug-likeness (QED) is 0.872. The van der Waals surface area contributed by atoms with Crippen LogP contribution in [0.5, 0.6) is 0 Å². The average molecular weight is 359 g/mol. The lowest BCUT2D eigenvalue weighted by Gasteiger charge is -2.37. The van der Waals surface area contributed by atoms with Gasteiger partial charge < -0.3 is 15.2 Å². The topological polar surface area (TPSA) is 76.0 Å². The van der Waals surface area contributed by atoms with Gasteiger partial charge in [0.05, 0.1) is 17.3 Å². The minimum Gasteiger partial charge on any atom is -0.346 e. The third kappa shape index (κ3) is 3.19. The van der Waals surface area contributed by atoms with Crippen LogP contribution in [0.2, 0.25) is 5.02 Å². The number of pyridine rings is 2. The van der Waals surface area contributed by atoms with Crippen molar-refractivity contribution < 1.29 is 4.79 Å². The van der Waals surface area contributed by atoms with Gasteiger partial charge in [-0.05, 0) is 43.1 Å². The van der Waals surface area contributed by atoms with E-state index in [1.54, 1.807) is 22.8 Å². The van der Waals surface area contributed by atoms with E-state index in [-0.39, 0.29) is 23.6 Å². The van der Waals surface area contributed by atoms with Crippen molar-refractivity contribution in [3.8, 4) is 0 Å². The molecule has 1 fully saturated rings. The van der Waals surface area contributed by atoms with Crippen molar-refractivity contribution in [2.24, 2.45) is 5.92 Å². The van der Waals surface area contributed by atoms with Crippen molar-refractivity contribution in [2.45, 2.75) is 25.4 Å². The highest BCUT2D eigenvalue weighted by Gasteiger charge is 2.31. The monoisotopic (exact) mass is 358 g/mol. The Kier molecular flexibility index (Phi) is 4.31. The van der Waals surface area contributed by atoms with Crippen molar-refractivity contribution in [1.82, 2.24) is 20.2 Å². The zero-order valence-electron chi connectivity index (χ0n) is 13.7. The third-order valence-electron chi connectivity index (χ3n) is 4.97. The summed E-state index contributed by atoms with van der Waals surface area (Å²) in [4.78, 5) is 29.4. The molecule has 1 saturated heterocycles. The predicted octanol–water partition coefficient (Wildman–Crippen LogP) is 1.53. The molecule has 130 valence electrons. The van der Waals surface area contributed by atoms with Crippen molar-refractivity contribution in [2.75, 3.05) is 13.1 Å². The van der Waals surface area contributed by atoms with Crippen LogP contribution in [0.25, 0.3) is 0 Å². The Hall–Kier alpha value is -2.18. The number of hydrogen-bond acceptors (Lipinski definition) is 4. The molecule has 0 spiro atoms. The van der Waals surface area contributed by atoms with Crippen LogP contribution in [-0.4, -0.2) is 28.5 Å². The van der Waals surface area contributed by atoms with Crippen LogP contribution in [0, 0.1) is 5.92 Å². The molecule has 2 aromatic heterocycles. The fourth-order valence-electron chi connectivity index (χ4n) is 3.74. The Balaban J connectivity index is 1.54. The normalized spacial score (nSPS) is 21.5. The highest BCUT2D eigenvalue weighted by atomic mass is 35.5. The summed E-state index contributed by atoms with van der Waals surface area (Å²) in [5.74, 6) is 0.446. The van der Waals surface area contributed by atoms with Gasteiger partial charge in [0.1, 0.15) is 5.56 Å². The van der Waals surface area contributed by atoms with Crippen LogP contribution in [0.3, 0.4) is 0 Å². The van der Waals surface area contributed by atoms with Crippen LogP contribution in [0.1, 0.15) is 34.1 Å². The number of carbonyl (C=O) groups excluding carboxylic acids is 1. The van der Waals surface area contributed by atoms with Crippen LogP contribution >= 0.6 is 11.6 Å². The Labute approximate surface area is 150 Å². The lowest BCUT2D eigenvalue weighted by atomic mass is 9.84. The van der Waals surface area contributed by atoms with Crippen molar-refractivity contribution in [3.63, 3.8) is 0 Å². The first-order valence-electron chi connectivity index (χ1n) is 8.45. The SMILES string of the molecule is O=C(NCc1ccc(Cl)cn1)c1ccc2n(c1=O)C[C@@H]1CNC[C@H]2C1. The Morgan fingerprint density at radius 3 is 3.00 bits per heavy atom. The molecule has 0 aromatic carbocycles. The summed E-state index contributed by atoms with van der Waals surface area (Å²) in [6.07, 6.45) is 2.64. The number of halogens is 1. The fraction of sp³-hybridized carbons (Fsp3) is 0.389. The summed E-state index contributed by atoms with van der Waals surface area (Å²) in [5, 5.41) is 6.72. The highest BCUT2D eigenvalue weighted by molar-refractivity contribution is 6.30. The highest BCUT2D eigenvalue weighted by Crippen LogP contribution is 2.31. The lowest BCUT2D eigenvalue weighted by Crippen LogP contribution is -2.46. The van der Waals surface area contributed by atoms with Crippen molar-refractivity contribution >= 4 is 17.5 Å². The first-order chi connectivity index (χ1) is 12.1. The van der Waals surface area contributed by atoms with Gasteiger partial charge in [-0.1, -0.05) is 11.6 Å². The van der Waals surface area contributed by atoms with E-state index in [4.69, 9.17) is 11.6 Å². The Morgan fingerprint density at radius 1 is 1.32 bits per heavy atom. The number of nitrogens with one attached hydrogen (secondary N) is 2. The molecular formula is C18H19ClN4O2. The molecule has 1 amide bonds. The van der Waals surface area contributed by atoms with Crippen LogP contribution in [0.4, 0.5) is 0 Å². The van der Waals surface area contributed by atoms with E-state index in [9.17, 15) is 9.59 Å². The molecule has 2 aliphatic heterocycles. The van der Waals surface area contributed by atoms with E-state index in [2.05, 4.69) is 15.6 Å². The number of carbonyl (C=O) groups is 1. The van der Waals surface area contributed by atoms with Gasteiger partial charge >= 0.3 is 0 Å². The number of aromatic nitrogens is 2. The Morgan fingerprint density at radius 2 is 2.20 bits per heavy atom. The number of nitrogens with zero attached hydrogens (tertiary/aromatic N) is 2. The minimum absolute atomic E-state index is 0.186. The fourth-order valence-corrected chi connectivity index (χ4v) is 3.85. The molecule has 0 radical (unpaired) electrons. The maximum absolute atomic E-state index is 12.8. The molecular weight excluding hydrogens is 340 g/mol. The molecule has 25 heavy (non-hydrogen) atoms. The number of hydrogen-bond donors (Lipinski definition) is 2. The molecule has 7 heteroatoms. The van der Waals surface area contributed by atoms with E-state index >= 15 is 0 Å². The zero-order chi connectivity index (χ0) is 17.4. The molecule has 2 N–H and O–H groups in total. The standard InChI is InChI=1S/C18H19ClN4O2/c19-13-1-2-14(21-8-13)9-22-17(24)15-3-4-16-12-5-11(6-20-7-12)10-23(16)18(15)25/h1-4,8,11-12,20H,5-7,9-10H2,(H,22,24)/t11-,12+/m0/s1. The average Bonchev–Trinajstić information content (AvgIpc) is 2.62. The van der Waals surface area contributed by atoms with Gasteiger partial charge in [0, 0.05) is 30.9 Å². The summed E-state index contributed by atoms with van der Waals surface area (Å²) >= 11 is 5.80. The van der Waals surface area contributed by atoms with Crippen LogP contribution in [-0.2, 0) is 13.1 Å². The predicted molar refractivity (Wildman–Crippen MR) is 94.8 cm³/mol. The molecule has 4 rings (SSSR count). The van der Waals surface area contributed by atoms with Gasteiger partial charge in [-0.2, -0.15) is 0 Å². The molecule has 2 aromatic rings. The van der Waals surface area contributed by atoms with Gasteiger partial charge in [-0.25, -0.2) is 0 Å². The van der Waals surface area contributed by atoms with Gasteiger partial charge in [0.2, 0.25) is 0 Å². The molecule has 2 bridgehead atoms. The van der Waals surface area contributed by atoms with Gasteiger partial charge in [-0.3, -0.25) is 14.6 Å². The van der Waals surface area contributed by atoms with E-state index in [1.165, 1.54) is 6.20 Å². The molecule has 0 saturated carbocycles. The van der Waals surface area contributed by atoms with Gasteiger partial charge in [0.25, 0.3) is 11.5 Å². The first-order valence-corrected chi connectivity index (χ1v) is 8.82. The molecule has 0 aliphatic carbocycles. The second-order valence-corrected chi connectivity index (χ2v) is 7.13. The number of amides is 1. The second kappa shape index (κ2) is 6.61. The summed E-state index contributed by atoms with van der Waals surface area (Å²) in [5.41, 5.74) is 1.71. The molecule has 0 unspecified atom stereocenters. The molecule has 2 atom stereocenters. The van der Waals surface area contributed by atoms with Crippen LogP contribution < -0.4 is 16.2 Å². The maximum atomic E-state index is 12.8. The maximum Gasteiger partial charge on any atom is 0.263 e. The number of piperidine rings is 1. The van der Waals surface area contributed by atoms with Crippen molar-refractivity contribution in [3.05, 3.63) is 62.8 Å². The molecule has 6 nitrogen and oxygen atoms in total. The van der Waals surface area contributed by atoms with Crippen LogP contribution in [0.15, 0.2) is 35.3 Å².